The van der Waals surface area contributed by atoms with Crippen molar-refractivity contribution in [3.8, 4) is 0 Å². The molecule has 2 atom stereocenters. The first-order chi connectivity index (χ1) is 11.7. The molecule has 2 aliphatic rings. The summed E-state index contributed by atoms with van der Waals surface area (Å²) in [6.07, 6.45) is 2.24. The van der Waals surface area contributed by atoms with Crippen molar-refractivity contribution in [2.75, 3.05) is 32.9 Å². The second-order valence-electron chi connectivity index (χ2n) is 6.09. The molecule has 1 aliphatic heterocycles. The number of ether oxygens (including phenoxy) is 2. The molecular formula is C19H23NO4. The standard InChI is InChI=1S/C19H23NO4/c1-2-24-19(22)16-12-15(20-8-10-23-11-9-20)13-17(21)18(16)14-6-4-3-5-7-14/h3-7,13,16,18H,2,8-12H2,1H3. The molecule has 0 saturated carbocycles. The predicted molar refractivity (Wildman–Crippen MR) is 89.4 cm³/mol. The van der Waals surface area contributed by atoms with Gasteiger partial charge in [-0.3, -0.25) is 9.59 Å². The number of ketones is 1. The number of hydrogen-bond donors (Lipinski definition) is 0. The maximum atomic E-state index is 12.8. The lowest BCUT2D eigenvalue weighted by Gasteiger charge is -2.36. The fourth-order valence-corrected chi connectivity index (χ4v) is 3.45. The third-order valence-electron chi connectivity index (χ3n) is 4.61. The Morgan fingerprint density at radius 3 is 2.62 bits per heavy atom. The van der Waals surface area contributed by atoms with E-state index in [9.17, 15) is 9.59 Å². The second-order valence-corrected chi connectivity index (χ2v) is 6.09. The van der Waals surface area contributed by atoms with Gasteiger partial charge < -0.3 is 14.4 Å². The summed E-state index contributed by atoms with van der Waals surface area (Å²) in [6.45, 7) is 4.92. The van der Waals surface area contributed by atoms with Gasteiger partial charge in [-0.2, -0.15) is 0 Å². The number of carbonyl (C=O) groups is 2. The fourth-order valence-electron chi connectivity index (χ4n) is 3.45. The molecule has 1 aromatic rings. The van der Waals surface area contributed by atoms with E-state index in [0.717, 1.165) is 24.4 Å². The van der Waals surface area contributed by atoms with E-state index in [1.807, 2.05) is 30.3 Å². The SMILES string of the molecule is CCOC(=O)C1CC(N2CCOCC2)=CC(=O)C1c1ccccc1. The number of benzene rings is 1. The van der Waals surface area contributed by atoms with Gasteiger partial charge in [0.1, 0.15) is 0 Å². The average molecular weight is 329 g/mol. The van der Waals surface area contributed by atoms with Crippen LogP contribution in [0.3, 0.4) is 0 Å². The molecule has 2 unspecified atom stereocenters. The van der Waals surface area contributed by atoms with Crippen molar-refractivity contribution in [1.82, 2.24) is 4.90 Å². The average Bonchev–Trinajstić information content (AvgIpc) is 2.62. The van der Waals surface area contributed by atoms with E-state index in [4.69, 9.17) is 9.47 Å². The van der Waals surface area contributed by atoms with E-state index >= 15 is 0 Å². The number of allylic oxidation sites excluding steroid dienone is 2. The number of hydrogen-bond acceptors (Lipinski definition) is 5. The van der Waals surface area contributed by atoms with Crippen LogP contribution in [0.4, 0.5) is 0 Å². The molecule has 5 nitrogen and oxygen atoms in total. The lowest BCUT2D eigenvalue weighted by atomic mass is 9.76. The Bertz CT molecular complexity index is 620. The highest BCUT2D eigenvalue weighted by atomic mass is 16.5. The summed E-state index contributed by atoms with van der Waals surface area (Å²) in [5.41, 5.74) is 1.80. The summed E-state index contributed by atoms with van der Waals surface area (Å²) in [4.78, 5) is 27.5. The summed E-state index contributed by atoms with van der Waals surface area (Å²) in [7, 11) is 0. The fraction of sp³-hybridized carbons (Fsp3) is 0.474. The van der Waals surface area contributed by atoms with E-state index in [0.29, 0.717) is 26.2 Å². The third-order valence-corrected chi connectivity index (χ3v) is 4.61. The minimum absolute atomic E-state index is 0.0213. The van der Waals surface area contributed by atoms with Crippen molar-refractivity contribution in [3.05, 3.63) is 47.7 Å². The molecule has 1 fully saturated rings. The van der Waals surface area contributed by atoms with Gasteiger partial charge in [0.05, 0.1) is 31.7 Å². The van der Waals surface area contributed by atoms with Crippen LogP contribution in [-0.4, -0.2) is 49.6 Å². The van der Waals surface area contributed by atoms with E-state index < -0.39 is 11.8 Å². The molecule has 0 N–H and O–H groups in total. The summed E-state index contributed by atoms with van der Waals surface area (Å²) in [5.74, 6) is -1.25. The molecule has 1 saturated heterocycles. The molecule has 0 amide bonds. The Hall–Kier alpha value is -2.14. The maximum Gasteiger partial charge on any atom is 0.310 e. The molecule has 1 heterocycles. The lowest BCUT2D eigenvalue weighted by molar-refractivity contribution is -0.150. The van der Waals surface area contributed by atoms with Crippen LogP contribution in [0.1, 0.15) is 24.8 Å². The Morgan fingerprint density at radius 2 is 1.96 bits per heavy atom. The Morgan fingerprint density at radius 1 is 1.25 bits per heavy atom. The van der Waals surface area contributed by atoms with Crippen LogP contribution < -0.4 is 0 Å². The van der Waals surface area contributed by atoms with E-state index in [2.05, 4.69) is 4.90 Å². The molecule has 128 valence electrons. The smallest absolute Gasteiger partial charge is 0.310 e. The van der Waals surface area contributed by atoms with Crippen LogP contribution in [0.25, 0.3) is 0 Å². The van der Waals surface area contributed by atoms with Crippen LogP contribution in [0.5, 0.6) is 0 Å². The van der Waals surface area contributed by atoms with Gasteiger partial charge in [-0.25, -0.2) is 0 Å². The van der Waals surface area contributed by atoms with Gasteiger partial charge in [0.2, 0.25) is 0 Å². The van der Waals surface area contributed by atoms with Gasteiger partial charge in [-0.1, -0.05) is 30.3 Å². The summed E-state index contributed by atoms with van der Waals surface area (Å²) in [5, 5.41) is 0. The Kier molecular flexibility index (Phi) is 5.30. The van der Waals surface area contributed by atoms with E-state index in [-0.39, 0.29) is 11.8 Å². The normalized spacial score (nSPS) is 24.5. The van der Waals surface area contributed by atoms with Crippen molar-refractivity contribution in [1.29, 1.82) is 0 Å². The molecule has 0 aromatic heterocycles. The van der Waals surface area contributed by atoms with Crippen molar-refractivity contribution in [3.63, 3.8) is 0 Å². The van der Waals surface area contributed by atoms with Crippen molar-refractivity contribution < 1.29 is 19.1 Å². The summed E-state index contributed by atoms with van der Waals surface area (Å²) >= 11 is 0. The summed E-state index contributed by atoms with van der Waals surface area (Å²) in [6, 6.07) is 9.51. The molecular weight excluding hydrogens is 306 g/mol. The van der Waals surface area contributed by atoms with Crippen LogP contribution in [0, 0.1) is 5.92 Å². The maximum absolute atomic E-state index is 12.8. The van der Waals surface area contributed by atoms with Gasteiger partial charge in [0.25, 0.3) is 0 Å². The van der Waals surface area contributed by atoms with Crippen molar-refractivity contribution in [2.45, 2.75) is 19.3 Å². The van der Waals surface area contributed by atoms with Crippen LogP contribution >= 0.6 is 0 Å². The van der Waals surface area contributed by atoms with Crippen molar-refractivity contribution in [2.24, 2.45) is 5.92 Å². The molecule has 5 heteroatoms. The zero-order chi connectivity index (χ0) is 16.9. The molecule has 1 aromatic carbocycles. The van der Waals surface area contributed by atoms with Crippen LogP contribution in [0.15, 0.2) is 42.1 Å². The molecule has 0 spiro atoms. The Balaban J connectivity index is 1.90. The van der Waals surface area contributed by atoms with E-state index in [1.165, 1.54) is 0 Å². The highest BCUT2D eigenvalue weighted by Gasteiger charge is 2.40. The molecule has 24 heavy (non-hydrogen) atoms. The topological polar surface area (TPSA) is 55.8 Å². The first-order valence-corrected chi connectivity index (χ1v) is 8.49. The van der Waals surface area contributed by atoms with Gasteiger partial charge in [0.15, 0.2) is 5.78 Å². The molecule has 0 radical (unpaired) electrons. The molecule has 0 bridgehead atoms. The monoisotopic (exact) mass is 329 g/mol. The second kappa shape index (κ2) is 7.62. The van der Waals surface area contributed by atoms with Crippen molar-refractivity contribution >= 4 is 11.8 Å². The molecule has 1 aliphatic carbocycles. The van der Waals surface area contributed by atoms with Gasteiger partial charge in [-0.15, -0.1) is 0 Å². The van der Waals surface area contributed by atoms with Crippen LogP contribution in [0.2, 0.25) is 0 Å². The predicted octanol–water partition coefficient (Wildman–Crippen LogP) is 2.14. The zero-order valence-electron chi connectivity index (χ0n) is 13.9. The zero-order valence-corrected chi connectivity index (χ0v) is 13.9. The third kappa shape index (κ3) is 3.51. The first kappa shape index (κ1) is 16.7. The van der Waals surface area contributed by atoms with Gasteiger partial charge >= 0.3 is 5.97 Å². The minimum Gasteiger partial charge on any atom is -0.466 e. The first-order valence-electron chi connectivity index (χ1n) is 8.49. The lowest BCUT2D eigenvalue weighted by Crippen LogP contribution is -2.41. The quantitative estimate of drug-likeness (QED) is 0.792. The molecule has 3 rings (SSSR count). The van der Waals surface area contributed by atoms with Gasteiger partial charge in [-0.05, 0) is 12.5 Å². The highest BCUT2D eigenvalue weighted by molar-refractivity contribution is 6.00. The van der Waals surface area contributed by atoms with Crippen LogP contribution in [-0.2, 0) is 19.1 Å². The Labute approximate surface area is 142 Å². The number of nitrogens with zero attached hydrogens (tertiary/aromatic N) is 1. The van der Waals surface area contributed by atoms with Gasteiger partial charge in [0, 0.05) is 31.3 Å². The largest absolute Gasteiger partial charge is 0.466 e. The highest BCUT2D eigenvalue weighted by Crippen LogP contribution is 2.37. The summed E-state index contributed by atoms with van der Waals surface area (Å²) < 4.78 is 10.6. The number of carbonyl (C=O) groups excluding carboxylic acids is 2. The number of rotatable bonds is 4. The number of morpholine rings is 1. The minimum atomic E-state index is -0.470. The number of esters is 1. The van der Waals surface area contributed by atoms with E-state index in [1.54, 1.807) is 13.0 Å².